The topological polar surface area (TPSA) is 63.7 Å². The Kier molecular flexibility index (Phi) is 6.37. The number of hydrogen-bond acceptors (Lipinski definition) is 4. The van der Waals surface area contributed by atoms with Gasteiger partial charge in [-0.05, 0) is 55.7 Å². The summed E-state index contributed by atoms with van der Waals surface area (Å²) in [6.45, 7) is 2.55. The minimum Gasteiger partial charge on any atom is -0.426 e. The quantitative estimate of drug-likeness (QED) is 0.345. The number of hydrogen-bond donors (Lipinski definition) is 0. The van der Waals surface area contributed by atoms with E-state index in [-0.39, 0.29) is 23.6 Å². The third kappa shape index (κ3) is 5.16. The van der Waals surface area contributed by atoms with E-state index in [1.807, 2.05) is 30.3 Å². The van der Waals surface area contributed by atoms with Gasteiger partial charge in [0.25, 0.3) is 0 Å². The van der Waals surface area contributed by atoms with Crippen molar-refractivity contribution in [3.63, 3.8) is 0 Å². The van der Waals surface area contributed by atoms with Gasteiger partial charge in [0.2, 0.25) is 5.91 Å². The number of esters is 1. The molecule has 144 valence electrons. The molecule has 0 unspecified atom stereocenters. The smallest absolute Gasteiger partial charge is 0.314 e. The molecule has 28 heavy (non-hydrogen) atoms. The minimum atomic E-state index is -0.289. The first-order valence-corrected chi connectivity index (χ1v) is 9.37. The van der Waals surface area contributed by atoms with E-state index in [0.717, 1.165) is 5.56 Å². The molecule has 0 atom stereocenters. The van der Waals surface area contributed by atoms with Crippen LogP contribution in [0.25, 0.3) is 6.08 Å². The number of nitrogens with zero attached hydrogens (tertiary/aromatic N) is 1. The maximum atomic E-state index is 12.4. The highest BCUT2D eigenvalue weighted by atomic mass is 16.5. The van der Waals surface area contributed by atoms with Gasteiger partial charge >= 0.3 is 5.97 Å². The highest BCUT2D eigenvalue weighted by Gasteiger charge is 2.28. The molecule has 0 bridgehead atoms. The number of Topliss-reactive ketones (excluding diaryl/α,β-unsaturated/α-hetero) is 1. The number of carbonyl (C=O) groups excluding carboxylic acids is 3. The number of benzene rings is 2. The molecule has 1 fully saturated rings. The molecule has 1 aliphatic rings. The zero-order chi connectivity index (χ0) is 19.9. The highest BCUT2D eigenvalue weighted by molar-refractivity contribution is 5.94. The summed E-state index contributed by atoms with van der Waals surface area (Å²) >= 11 is 0. The average Bonchev–Trinajstić information content (AvgIpc) is 2.73. The van der Waals surface area contributed by atoms with Crippen LogP contribution in [0.5, 0.6) is 5.75 Å². The first-order chi connectivity index (χ1) is 13.5. The molecule has 0 spiro atoms. The Morgan fingerprint density at radius 2 is 1.61 bits per heavy atom. The van der Waals surface area contributed by atoms with E-state index in [1.54, 1.807) is 41.3 Å². The molecule has 2 aromatic carbocycles. The van der Waals surface area contributed by atoms with Gasteiger partial charge in [0.1, 0.15) is 5.75 Å². The van der Waals surface area contributed by atoms with Crippen molar-refractivity contribution in [2.75, 3.05) is 13.1 Å². The van der Waals surface area contributed by atoms with Crippen LogP contribution in [0.2, 0.25) is 0 Å². The lowest BCUT2D eigenvalue weighted by Gasteiger charge is -2.30. The molecule has 1 heterocycles. The van der Waals surface area contributed by atoms with Crippen molar-refractivity contribution in [2.24, 2.45) is 5.92 Å². The van der Waals surface area contributed by atoms with E-state index in [1.165, 1.54) is 6.92 Å². The number of ketones is 1. The SMILES string of the molecule is CC(=O)c1ccc(OC(=O)C2CCN(C(=O)/C=C/c3ccccc3)CC2)cc1. The average molecular weight is 377 g/mol. The minimum absolute atomic E-state index is 0.0313. The van der Waals surface area contributed by atoms with Crippen LogP contribution >= 0.6 is 0 Å². The van der Waals surface area contributed by atoms with Crippen molar-refractivity contribution >= 4 is 23.7 Å². The second kappa shape index (κ2) is 9.13. The first-order valence-electron chi connectivity index (χ1n) is 9.37. The van der Waals surface area contributed by atoms with Gasteiger partial charge in [-0.2, -0.15) is 0 Å². The van der Waals surface area contributed by atoms with Crippen molar-refractivity contribution in [3.8, 4) is 5.75 Å². The van der Waals surface area contributed by atoms with Gasteiger partial charge in [-0.1, -0.05) is 30.3 Å². The molecule has 0 N–H and O–H groups in total. The van der Waals surface area contributed by atoms with Crippen molar-refractivity contribution in [2.45, 2.75) is 19.8 Å². The third-order valence-electron chi connectivity index (χ3n) is 4.84. The molecule has 0 saturated carbocycles. The van der Waals surface area contributed by atoms with E-state index in [9.17, 15) is 14.4 Å². The Morgan fingerprint density at radius 3 is 2.21 bits per heavy atom. The summed E-state index contributed by atoms with van der Waals surface area (Å²) in [4.78, 5) is 37.7. The maximum Gasteiger partial charge on any atom is 0.314 e. The third-order valence-corrected chi connectivity index (χ3v) is 4.84. The van der Waals surface area contributed by atoms with Crippen LogP contribution < -0.4 is 4.74 Å². The molecule has 1 aliphatic heterocycles. The zero-order valence-electron chi connectivity index (χ0n) is 15.8. The van der Waals surface area contributed by atoms with Crippen LogP contribution in [0.15, 0.2) is 60.7 Å². The van der Waals surface area contributed by atoms with Crippen LogP contribution in [0, 0.1) is 5.92 Å². The summed E-state index contributed by atoms with van der Waals surface area (Å²) in [7, 11) is 0. The Balaban J connectivity index is 1.49. The maximum absolute atomic E-state index is 12.4. The highest BCUT2D eigenvalue weighted by Crippen LogP contribution is 2.21. The van der Waals surface area contributed by atoms with Crippen molar-refractivity contribution < 1.29 is 19.1 Å². The zero-order valence-corrected chi connectivity index (χ0v) is 15.8. The number of amides is 1. The van der Waals surface area contributed by atoms with Gasteiger partial charge in [-0.15, -0.1) is 0 Å². The predicted molar refractivity (Wildman–Crippen MR) is 107 cm³/mol. The Bertz CT molecular complexity index is 863. The molecule has 5 nitrogen and oxygen atoms in total. The molecule has 5 heteroatoms. The fourth-order valence-corrected chi connectivity index (χ4v) is 3.13. The number of ether oxygens (including phenoxy) is 1. The van der Waals surface area contributed by atoms with E-state index in [2.05, 4.69) is 0 Å². The standard InChI is InChI=1S/C23H23NO4/c1-17(25)19-8-10-21(11-9-19)28-23(27)20-13-15-24(16-14-20)22(26)12-7-18-5-3-2-4-6-18/h2-12,20H,13-16H2,1H3/b12-7+. The lowest BCUT2D eigenvalue weighted by atomic mass is 9.97. The molecule has 0 aromatic heterocycles. The van der Waals surface area contributed by atoms with Crippen molar-refractivity contribution in [1.29, 1.82) is 0 Å². The van der Waals surface area contributed by atoms with Crippen LogP contribution in [0.3, 0.4) is 0 Å². The second-order valence-electron chi connectivity index (χ2n) is 6.85. The molecular weight excluding hydrogens is 354 g/mol. The molecule has 0 radical (unpaired) electrons. The van der Waals surface area contributed by atoms with Crippen LogP contribution in [0.4, 0.5) is 0 Å². The molecule has 2 aromatic rings. The van der Waals surface area contributed by atoms with Gasteiger partial charge < -0.3 is 9.64 Å². The fraction of sp³-hybridized carbons (Fsp3) is 0.261. The van der Waals surface area contributed by atoms with Crippen molar-refractivity contribution in [3.05, 3.63) is 71.8 Å². The molecule has 1 saturated heterocycles. The summed E-state index contributed by atoms with van der Waals surface area (Å²) in [5.74, 6) is -0.164. The lowest BCUT2D eigenvalue weighted by Crippen LogP contribution is -2.40. The lowest BCUT2D eigenvalue weighted by molar-refractivity contribution is -0.142. The van der Waals surface area contributed by atoms with Gasteiger partial charge in [-0.3, -0.25) is 14.4 Å². The van der Waals surface area contributed by atoms with Gasteiger partial charge in [0, 0.05) is 24.7 Å². The summed E-state index contributed by atoms with van der Waals surface area (Å²) in [6.07, 6.45) is 4.53. The Labute approximate surface area is 164 Å². The molecule has 3 rings (SSSR count). The summed E-state index contributed by atoms with van der Waals surface area (Å²) in [5, 5.41) is 0. The number of likely N-dealkylation sites (tertiary alicyclic amines) is 1. The largest absolute Gasteiger partial charge is 0.426 e. The van der Waals surface area contributed by atoms with Gasteiger partial charge in [0.15, 0.2) is 5.78 Å². The number of rotatable bonds is 5. The summed E-state index contributed by atoms with van der Waals surface area (Å²) in [5.41, 5.74) is 1.56. The number of carbonyl (C=O) groups is 3. The molecule has 0 aliphatic carbocycles. The van der Waals surface area contributed by atoms with E-state index in [4.69, 9.17) is 4.74 Å². The van der Waals surface area contributed by atoms with Crippen LogP contribution in [0.1, 0.15) is 35.7 Å². The second-order valence-corrected chi connectivity index (χ2v) is 6.85. The van der Waals surface area contributed by atoms with Crippen molar-refractivity contribution in [1.82, 2.24) is 4.90 Å². The molecule has 1 amide bonds. The fourth-order valence-electron chi connectivity index (χ4n) is 3.13. The van der Waals surface area contributed by atoms with Crippen LogP contribution in [-0.2, 0) is 9.59 Å². The summed E-state index contributed by atoms with van der Waals surface area (Å²) < 4.78 is 5.42. The van der Waals surface area contributed by atoms with E-state index < -0.39 is 0 Å². The number of piperidine rings is 1. The predicted octanol–water partition coefficient (Wildman–Crippen LogP) is 3.75. The Hall–Kier alpha value is -3.21. The summed E-state index contributed by atoms with van der Waals surface area (Å²) in [6, 6.07) is 16.2. The van der Waals surface area contributed by atoms with Crippen LogP contribution in [-0.4, -0.2) is 35.6 Å². The van der Waals surface area contributed by atoms with Gasteiger partial charge in [0.05, 0.1) is 5.92 Å². The first kappa shape index (κ1) is 19.5. The Morgan fingerprint density at radius 1 is 0.964 bits per heavy atom. The normalized spacial score (nSPS) is 14.8. The van der Waals surface area contributed by atoms with Gasteiger partial charge in [-0.25, -0.2) is 0 Å². The molecular formula is C23H23NO4. The van der Waals surface area contributed by atoms with E-state index in [0.29, 0.717) is 37.2 Å². The monoisotopic (exact) mass is 377 g/mol. The van der Waals surface area contributed by atoms with E-state index >= 15 is 0 Å².